The normalized spacial score (nSPS) is 16.9. The Labute approximate surface area is 108 Å². The summed E-state index contributed by atoms with van der Waals surface area (Å²) in [5.74, 6) is -0.228. The molecule has 100 valence electrons. The van der Waals surface area contributed by atoms with Crippen molar-refractivity contribution in [3.63, 3.8) is 0 Å². The molecule has 10 heteroatoms. The van der Waals surface area contributed by atoms with Crippen LogP contribution >= 0.6 is 11.3 Å². The van der Waals surface area contributed by atoms with E-state index in [-0.39, 0.29) is 21.9 Å². The lowest BCUT2D eigenvalue weighted by Crippen LogP contribution is -2.30. The van der Waals surface area contributed by atoms with E-state index in [1.807, 2.05) is 4.90 Å². The Morgan fingerprint density at radius 3 is 2.61 bits per heavy atom. The zero-order chi connectivity index (χ0) is 13.2. The molecule has 8 nitrogen and oxygen atoms in total. The lowest BCUT2D eigenvalue weighted by molar-refractivity contribution is -0.117. The third-order valence-electron chi connectivity index (χ3n) is 2.46. The number of sulfonamides is 1. The maximum atomic E-state index is 11.6. The van der Waals surface area contributed by atoms with Gasteiger partial charge in [0.1, 0.15) is 0 Å². The van der Waals surface area contributed by atoms with Crippen molar-refractivity contribution in [1.29, 1.82) is 0 Å². The highest BCUT2D eigenvalue weighted by molar-refractivity contribution is 7.91. The number of carbonyl (C=O) groups is 1. The van der Waals surface area contributed by atoms with Crippen LogP contribution in [0.1, 0.15) is 12.8 Å². The first kappa shape index (κ1) is 13.3. The van der Waals surface area contributed by atoms with Crippen LogP contribution in [-0.2, 0) is 14.8 Å². The molecule has 0 spiro atoms. The van der Waals surface area contributed by atoms with Crippen LogP contribution in [0.15, 0.2) is 4.34 Å². The standard InChI is InChI=1S/C8H13N5O3S2/c9-18(15,16)8-12-11-7(17-8)10-6(14)5-13-3-1-2-4-13/h1-5H2,(H2,9,15,16)(H,10,11,14). The quantitative estimate of drug-likeness (QED) is 0.702. The van der Waals surface area contributed by atoms with Crippen molar-refractivity contribution in [2.45, 2.75) is 17.2 Å². The van der Waals surface area contributed by atoms with Crippen molar-refractivity contribution in [3.05, 3.63) is 0 Å². The van der Waals surface area contributed by atoms with Gasteiger partial charge < -0.3 is 0 Å². The van der Waals surface area contributed by atoms with Crippen LogP contribution in [-0.4, -0.2) is 49.1 Å². The fourth-order valence-corrected chi connectivity index (χ4v) is 3.03. The first-order valence-corrected chi connectivity index (χ1v) is 7.70. The van der Waals surface area contributed by atoms with E-state index in [0.29, 0.717) is 0 Å². The number of amides is 1. The van der Waals surface area contributed by atoms with Gasteiger partial charge in [-0.15, -0.1) is 10.2 Å². The third kappa shape index (κ3) is 3.45. The molecule has 0 aliphatic carbocycles. The molecule has 0 saturated carbocycles. The van der Waals surface area contributed by atoms with Gasteiger partial charge in [-0.1, -0.05) is 11.3 Å². The summed E-state index contributed by atoms with van der Waals surface area (Å²) in [7, 11) is -3.86. The monoisotopic (exact) mass is 291 g/mol. The summed E-state index contributed by atoms with van der Waals surface area (Å²) >= 11 is 0.740. The molecule has 1 fully saturated rings. The Bertz CT molecular complexity index is 535. The van der Waals surface area contributed by atoms with Gasteiger partial charge in [-0.05, 0) is 25.9 Å². The number of anilines is 1. The van der Waals surface area contributed by atoms with Crippen LogP contribution < -0.4 is 10.5 Å². The molecular formula is C8H13N5O3S2. The minimum absolute atomic E-state index is 0.142. The van der Waals surface area contributed by atoms with E-state index in [4.69, 9.17) is 5.14 Å². The SMILES string of the molecule is NS(=O)(=O)c1nnc(NC(=O)CN2CCCC2)s1. The molecule has 0 radical (unpaired) electrons. The number of likely N-dealkylation sites (tertiary alicyclic amines) is 1. The van der Waals surface area contributed by atoms with Gasteiger partial charge in [0.05, 0.1) is 6.54 Å². The second-order valence-electron chi connectivity index (χ2n) is 3.95. The number of nitrogens with one attached hydrogen (secondary N) is 1. The van der Waals surface area contributed by atoms with Crippen LogP contribution in [0.2, 0.25) is 0 Å². The predicted octanol–water partition coefficient (Wildman–Crippen LogP) is -0.780. The van der Waals surface area contributed by atoms with Gasteiger partial charge in [0.25, 0.3) is 10.0 Å². The highest BCUT2D eigenvalue weighted by atomic mass is 32.2. The number of nitrogens with two attached hydrogens (primary N) is 1. The minimum atomic E-state index is -3.86. The molecule has 1 aliphatic rings. The van der Waals surface area contributed by atoms with E-state index in [9.17, 15) is 13.2 Å². The summed E-state index contributed by atoms with van der Waals surface area (Å²) < 4.78 is 21.6. The van der Waals surface area contributed by atoms with Crippen molar-refractivity contribution >= 4 is 32.4 Å². The number of carbonyl (C=O) groups excluding carboxylic acids is 1. The second kappa shape index (κ2) is 5.26. The van der Waals surface area contributed by atoms with Gasteiger partial charge in [-0.3, -0.25) is 15.0 Å². The van der Waals surface area contributed by atoms with Gasteiger partial charge in [-0.25, -0.2) is 13.6 Å². The topological polar surface area (TPSA) is 118 Å². The van der Waals surface area contributed by atoms with Crippen LogP contribution in [0.3, 0.4) is 0 Å². The summed E-state index contributed by atoms with van der Waals surface area (Å²) in [6.45, 7) is 2.10. The number of rotatable bonds is 4. The summed E-state index contributed by atoms with van der Waals surface area (Å²) in [6.07, 6.45) is 2.20. The molecule has 2 rings (SSSR count). The Morgan fingerprint density at radius 1 is 1.39 bits per heavy atom. The number of aromatic nitrogens is 2. The molecule has 1 amide bonds. The summed E-state index contributed by atoms with van der Waals surface area (Å²) in [6, 6.07) is 0. The first-order chi connectivity index (χ1) is 8.45. The largest absolute Gasteiger partial charge is 0.299 e. The van der Waals surface area contributed by atoms with Crippen molar-refractivity contribution in [1.82, 2.24) is 15.1 Å². The Hall–Kier alpha value is -1.10. The molecule has 3 N–H and O–H groups in total. The van der Waals surface area contributed by atoms with E-state index in [0.717, 1.165) is 37.3 Å². The van der Waals surface area contributed by atoms with Gasteiger partial charge in [0, 0.05) is 0 Å². The molecule has 1 aromatic heterocycles. The maximum absolute atomic E-state index is 11.6. The lowest BCUT2D eigenvalue weighted by Gasteiger charge is -2.12. The maximum Gasteiger partial charge on any atom is 0.267 e. The molecular weight excluding hydrogens is 278 g/mol. The zero-order valence-corrected chi connectivity index (χ0v) is 11.1. The van der Waals surface area contributed by atoms with Crippen molar-refractivity contribution in [2.75, 3.05) is 25.0 Å². The molecule has 18 heavy (non-hydrogen) atoms. The molecule has 1 aromatic rings. The molecule has 0 unspecified atom stereocenters. The lowest BCUT2D eigenvalue weighted by atomic mass is 10.4. The highest BCUT2D eigenvalue weighted by Gasteiger charge is 2.18. The van der Waals surface area contributed by atoms with Crippen LogP contribution in [0.4, 0.5) is 5.13 Å². The minimum Gasteiger partial charge on any atom is -0.299 e. The van der Waals surface area contributed by atoms with Gasteiger partial charge in [0.15, 0.2) is 0 Å². The van der Waals surface area contributed by atoms with Gasteiger partial charge in [0.2, 0.25) is 15.4 Å². The number of primary sulfonamides is 1. The fourth-order valence-electron chi connectivity index (χ4n) is 1.68. The van der Waals surface area contributed by atoms with Crippen molar-refractivity contribution in [3.8, 4) is 0 Å². The molecule has 0 bridgehead atoms. The van der Waals surface area contributed by atoms with E-state index in [2.05, 4.69) is 15.5 Å². The van der Waals surface area contributed by atoms with Crippen molar-refractivity contribution in [2.24, 2.45) is 5.14 Å². The third-order valence-corrected chi connectivity index (χ3v) is 4.61. The predicted molar refractivity (Wildman–Crippen MR) is 65.6 cm³/mol. The van der Waals surface area contributed by atoms with Crippen LogP contribution in [0, 0.1) is 0 Å². The summed E-state index contributed by atoms with van der Waals surface area (Å²) in [5.41, 5.74) is 0. The molecule has 1 saturated heterocycles. The fraction of sp³-hybridized carbons (Fsp3) is 0.625. The van der Waals surface area contributed by atoms with E-state index < -0.39 is 10.0 Å². The molecule has 0 aromatic carbocycles. The zero-order valence-electron chi connectivity index (χ0n) is 9.50. The Balaban J connectivity index is 1.92. The summed E-state index contributed by atoms with van der Waals surface area (Å²) in [5, 5.41) is 14.5. The molecule has 2 heterocycles. The van der Waals surface area contributed by atoms with Crippen LogP contribution in [0.25, 0.3) is 0 Å². The number of hydrogen-bond acceptors (Lipinski definition) is 7. The van der Waals surface area contributed by atoms with Gasteiger partial charge in [-0.2, -0.15) is 0 Å². The first-order valence-electron chi connectivity index (χ1n) is 5.33. The average Bonchev–Trinajstić information content (AvgIpc) is 2.87. The average molecular weight is 291 g/mol. The number of nitrogens with zero attached hydrogens (tertiary/aromatic N) is 3. The molecule has 0 atom stereocenters. The smallest absolute Gasteiger partial charge is 0.267 e. The van der Waals surface area contributed by atoms with E-state index in [1.165, 1.54) is 0 Å². The number of hydrogen-bond donors (Lipinski definition) is 2. The highest BCUT2D eigenvalue weighted by Crippen LogP contribution is 2.18. The Morgan fingerprint density at radius 2 is 2.06 bits per heavy atom. The molecule has 1 aliphatic heterocycles. The van der Waals surface area contributed by atoms with E-state index in [1.54, 1.807) is 0 Å². The Kier molecular flexibility index (Phi) is 3.90. The van der Waals surface area contributed by atoms with Crippen LogP contribution in [0.5, 0.6) is 0 Å². The van der Waals surface area contributed by atoms with Gasteiger partial charge >= 0.3 is 0 Å². The second-order valence-corrected chi connectivity index (χ2v) is 6.66. The van der Waals surface area contributed by atoms with Crippen molar-refractivity contribution < 1.29 is 13.2 Å². The summed E-state index contributed by atoms with van der Waals surface area (Å²) in [4.78, 5) is 13.7. The van der Waals surface area contributed by atoms with E-state index >= 15 is 0 Å².